The summed E-state index contributed by atoms with van der Waals surface area (Å²) in [5.74, 6) is -18.7. The van der Waals surface area contributed by atoms with E-state index >= 15 is 0 Å². The van der Waals surface area contributed by atoms with E-state index in [2.05, 4.69) is 0 Å². The number of ether oxygens (including phenoxy) is 4. The highest BCUT2D eigenvalue weighted by atomic mass is 32.2. The van der Waals surface area contributed by atoms with E-state index in [9.17, 15) is 53.9 Å². The highest BCUT2D eigenvalue weighted by Crippen LogP contribution is 2.68. The van der Waals surface area contributed by atoms with E-state index < -0.39 is 129 Å². The third-order valence-corrected chi connectivity index (χ3v) is 17.0. The number of amides is 2. The number of nitrogens with zero attached hydrogens (tertiary/aromatic N) is 1. The van der Waals surface area contributed by atoms with Gasteiger partial charge in [0.2, 0.25) is 11.8 Å². The molecular formula is C37H43F6NO11S. The molecule has 19 heteroatoms. The molecule has 2 heterocycles. The van der Waals surface area contributed by atoms with Gasteiger partial charge in [-0.05, 0) is 107 Å². The summed E-state index contributed by atoms with van der Waals surface area (Å²) in [6.45, 7) is -5.14. The van der Waals surface area contributed by atoms with E-state index in [0.29, 0.717) is 56.3 Å². The highest BCUT2D eigenvalue weighted by Gasteiger charge is 2.75. The monoisotopic (exact) mass is 823 g/mol. The van der Waals surface area contributed by atoms with E-state index in [1.807, 2.05) is 0 Å². The third-order valence-electron chi connectivity index (χ3n) is 16.1. The van der Waals surface area contributed by atoms with Crippen molar-refractivity contribution in [2.24, 2.45) is 70.0 Å². The summed E-state index contributed by atoms with van der Waals surface area (Å²) in [4.78, 5) is 58.7. The van der Waals surface area contributed by atoms with E-state index in [1.165, 1.54) is 4.90 Å². The van der Waals surface area contributed by atoms with E-state index in [4.69, 9.17) is 23.5 Å². The van der Waals surface area contributed by atoms with Crippen LogP contribution in [0.4, 0.5) is 26.3 Å². The number of likely N-dealkylation sites (tertiary alicyclic amines) is 1. The number of fused-ring (bicyclic) bond motifs is 1. The molecule has 1 N–H and O–H groups in total. The van der Waals surface area contributed by atoms with Gasteiger partial charge in [-0.1, -0.05) is 0 Å². The number of rotatable bonds is 7. The minimum absolute atomic E-state index is 0.00905. The van der Waals surface area contributed by atoms with Crippen molar-refractivity contribution >= 4 is 33.9 Å². The lowest BCUT2D eigenvalue weighted by Crippen LogP contribution is -2.65. The largest absolute Gasteiger partial charge is 0.459 e. The Kier molecular flexibility index (Phi) is 7.82. The second-order valence-corrected chi connectivity index (χ2v) is 20.8. The van der Waals surface area contributed by atoms with Crippen LogP contribution in [-0.4, -0.2) is 96.5 Å². The number of hydrogen-bond donors (Lipinski definition) is 1. The van der Waals surface area contributed by atoms with E-state index in [-0.39, 0.29) is 31.1 Å². The quantitative estimate of drug-likeness (QED) is 0.165. The molecule has 0 aromatic carbocycles. The fourth-order valence-electron chi connectivity index (χ4n) is 14.5. The van der Waals surface area contributed by atoms with Crippen LogP contribution in [0.1, 0.15) is 77.0 Å². The van der Waals surface area contributed by atoms with Crippen LogP contribution in [0.3, 0.4) is 0 Å². The zero-order valence-corrected chi connectivity index (χ0v) is 31.0. The first-order valence-corrected chi connectivity index (χ1v) is 21.2. The molecule has 56 heavy (non-hydrogen) atoms. The van der Waals surface area contributed by atoms with Crippen molar-refractivity contribution in [2.75, 3.05) is 19.8 Å². The summed E-state index contributed by atoms with van der Waals surface area (Å²) in [7, 11) is -5.96. The van der Waals surface area contributed by atoms with Crippen LogP contribution in [0.25, 0.3) is 0 Å². The summed E-state index contributed by atoms with van der Waals surface area (Å²) >= 11 is 0. The van der Waals surface area contributed by atoms with Gasteiger partial charge in [0, 0.05) is 17.8 Å². The molecule has 2 aliphatic heterocycles. The fraction of sp³-hybridized carbons (Fsp3) is 0.892. The minimum Gasteiger partial charge on any atom is -0.459 e. The van der Waals surface area contributed by atoms with Gasteiger partial charge >= 0.3 is 39.2 Å². The predicted molar refractivity (Wildman–Crippen MR) is 173 cm³/mol. The Labute approximate surface area is 317 Å². The van der Waals surface area contributed by atoms with Crippen molar-refractivity contribution in [3.05, 3.63) is 0 Å². The van der Waals surface area contributed by atoms with Gasteiger partial charge in [-0.15, -0.1) is 0 Å². The van der Waals surface area contributed by atoms with Crippen molar-refractivity contribution < 1.29 is 77.4 Å². The second-order valence-electron chi connectivity index (χ2n) is 19.2. The van der Waals surface area contributed by atoms with Gasteiger partial charge in [-0.25, -0.2) is 0 Å². The van der Waals surface area contributed by atoms with Crippen molar-refractivity contribution in [2.45, 2.75) is 112 Å². The number of halogens is 6. The standard InChI is InChI=1S/C37H43F6NO11S/c38-34(39)13-53-37(54-14-35(34,40)41)20-4-19-5-21(37)12-33(10-19,11-20)31(48)55-27-23-6-22-24(25(23)29(46)52-15-36(42,43)56(49,50)51)28(45)44(26(22)27)30(47)32-7-16-1-17(8-32)3-18(2-16)9-32/h16-27H,1-15H2,(H,49,50,51). The van der Waals surface area contributed by atoms with Crippen LogP contribution in [-0.2, 0) is 48.2 Å². The molecule has 12 rings (SSSR count). The first kappa shape index (κ1) is 37.7. The summed E-state index contributed by atoms with van der Waals surface area (Å²) in [6.07, 6.45) is 4.79. The van der Waals surface area contributed by atoms with Crippen LogP contribution in [0.5, 0.6) is 0 Å². The molecule has 2 amide bonds. The van der Waals surface area contributed by atoms with Gasteiger partial charge < -0.3 is 18.9 Å². The van der Waals surface area contributed by atoms with Crippen molar-refractivity contribution in [3.63, 3.8) is 0 Å². The van der Waals surface area contributed by atoms with Crippen LogP contribution >= 0.6 is 0 Å². The average Bonchev–Trinajstić information content (AvgIpc) is 3.69. The second kappa shape index (κ2) is 11.6. The van der Waals surface area contributed by atoms with E-state index in [1.54, 1.807) is 0 Å². The normalized spacial score (nSPS) is 47.1. The highest BCUT2D eigenvalue weighted by molar-refractivity contribution is 7.86. The van der Waals surface area contributed by atoms with Gasteiger partial charge in [0.1, 0.15) is 19.3 Å². The Bertz CT molecular complexity index is 1820. The van der Waals surface area contributed by atoms with Crippen molar-refractivity contribution in [1.82, 2.24) is 4.90 Å². The summed E-state index contributed by atoms with van der Waals surface area (Å²) in [6, 6.07) is -0.955. The van der Waals surface area contributed by atoms with Gasteiger partial charge in [0.05, 0.1) is 28.7 Å². The lowest BCUT2D eigenvalue weighted by Gasteiger charge is -2.62. The lowest BCUT2D eigenvalue weighted by molar-refractivity contribution is -0.346. The Morgan fingerprint density at radius 3 is 1.84 bits per heavy atom. The van der Waals surface area contributed by atoms with Crippen molar-refractivity contribution in [1.29, 1.82) is 0 Å². The Morgan fingerprint density at radius 2 is 1.30 bits per heavy atom. The van der Waals surface area contributed by atoms with Crippen LogP contribution in [0, 0.1) is 70.0 Å². The molecule has 0 radical (unpaired) electrons. The number of imide groups is 1. The van der Waals surface area contributed by atoms with Crippen LogP contribution < -0.4 is 0 Å². The molecule has 12 fully saturated rings. The SMILES string of the molecule is O=C(OCC(F)(F)S(=O)(=O)O)C1C2CC3C1C(=O)N(C(=O)C14CC5CC(CC(C5)C1)C4)C3C2OC(=O)C12CC3CC(C1)C1(OCC(F)(F)C(F)(F)CO1)C(C3)C2. The first-order valence-electron chi connectivity index (χ1n) is 19.7. The molecule has 0 aromatic heterocycles. The Morgan fingerprint density at radius 1 is 0.786 bits per heavy atom. The molecule has 8 unspecified atom stereocenters. The smallest absolute Gasteiger partial charge is 0.402 e. The number of carbonyl (C=O) groups is 4. The average molecular weight is 824 g/mol. The van der Waals surface area contributed by atoms with Crippen LogP contribution in [0.2, 0.25) is 0 Å². The molecule has 310 valence electrons. The topological polar surface area (TPSA) is 163 Å². The lowest BCUT2D eigenvalue weighted by atomic mass is 9.47. The van der Waals surface area contributed by atoms with Gasteiger partial charge in [-0.2, -0.15) is 34.8 Å². The molecule has 8 atom stereocenters. The number of hydrogen-bond acceptors (Lipinski definition) is 10. The summed E-state index contributed by atoms with van der Waals surface area (Å²) in [5, 5.41) is -4.85. The molecular weight excluding hydrogens is 780 g/mol. The van der Waals surface area contributed by atoms with E-state index in [0.717, 1.165) is 19.3 Å². The number of carbonyl (C=O) groups excluding carboxylic acids is 4. The Balaban J connectivity index is 0.951. The maximum atomic E-state index is 14.8. The maximum Gasteiger partial charge on any atom is 0.402 e. The van der Waals surface area contributed by atoms with Crippen molar-refractivity contribution in [3.8, 4) is 0 Å². The molecule has 10 saturated carbocycles. The van der Waals surface area contributed by atoms with Gasteiger partial charge in [-0.3, -0.25) is 28.6 Å². The molecule has 10 bridgehead atoms. The minimum atomic E-state index is -5.96. The summed E-state index contributed by atoms with van der Waals surface area (Å²) < 4.78 is 140. The molecule has 1 spiro atoms. The fourth-order valence-corrected chi connectivity index (χ4v) is 14.7. The first-order chi connectivity index (χ1) is 26.1. The van der Waals surface area contributed by atoms with Gasteiger partial charge in [0.15, 0.2) is 12.4 Å². The molecule has 10 aliphatic carbocycles. The maximum absolute atomic E-state index is 14.8. The zero-order chi connectivity index (χ0) is 39.7. The third kappa shape index (κ3) is 5.03. The molecule has 12 aliphatic rings. The number of esters is 2. The number of alkyl halides is 6. The predicted octanol–water partition coefficient (Wildman–Crippen LogP) is 4.60. The van der Waals surface area contributed by atoms with Gasteiger partial charge in [0.25, 0.3) is 0 Å². The molecule has 2 saturated heterocycles. The van der Waals surface area contributed by atoms with Crippen LogP contribution in [0.15, 0.2) is 0 Å². The Hall–Kier alpha value is -2.51. The summed E-state index contributed by atoms with van der Waals surface area (Å²) in [5.41, 5.74) is -2.03. The zero-order valence-electron chi connectivity index (χ0n) is 30.2. The molecule has 12 nitrogen and oxygen atoms in total. The molecule has 0 aromatic rings.